The summed E-state index contributed by atoms with van der Waals surface area (Å²) in [5.74, 6) is -0.472. The molecule has 0 atom stereocenters. The number of nitro benzene ring substituents is 1. The van der Waals surface area contributed by atoms with Gasteiger partial charge in [-0.1, -0.05) is 13.8 Å². The summed E-state index contributed by atoms with van der Waals surface area (Å²) in [6.45, 7) is 4.09. The molecule has 0 saturated carbocycles. The summed E-state index contributed by atoms with van der Waals surface area (Å²) in [6, 6.07) is 5.12. The molecule has 4 N–H and O–H groups in total. The summed E-state index contributed by atoms with van der Waals surface area (Å²) in [7, 11) is 0. The first-order valence-corrected chi connectivity index (χ1v) is 7.70. The van der Waals surface area contributed by atoms with Crippen molar-refractivity contribution in [1.29, 1.82) is 0 Å². The Labute approximate surface area is 138 Å². The Hall–Kier alpha value is -2.74. The molecule has 0 unspecified atom stereocenters. The number of pyridine rings is 1. The number of carbonyl (C=O) groups is 1. The lowest BCUT2D eigenvalue weighted by atomic mass is 9.92. The fourth-order valence-electron chi connectivity index (χ4n) is 2.62. The van der Waals surface area contributed by atoms with E-state index in [1.54, 1.807) is 0 Å². The molecule has 24 heavy (non-hydrogen) atoms. The number of hydrogen-bond acceptors (Lipinski definition) is 5. The van der Waals surface area contributed by atoms with Crippen molar-refractivity contribution in [3.05, 3.63) is 50.3 Å². The van der Waals surface area contributed by atoms with E-state index in [4.69, 9.17) is 5.73 Å². The molecule has 0 aliphatic heterocycles. The lowest BCUT2D eigenvalue weighted by molar-refractivity contribution is -0.384. The van der Waals surface area contributed by atoms with E-state index in [2.05, 4.69) is 10.3 Å². The molecule has 0 radical (unpaired) electrons. The van der Waals surface area contributed by atoms with E-state index in [1.165, 1.54) is 18.2 Å². The van der Waals surface area contributed by atoms with Crippen LogP contribution in [0.4, 0.5) is 5.69 Å². The average molecular weight is 332 g/mol. The standard InChI is InChI=1S/C16H20N4O4/c1-3-16(4-2,9-17)19-15(22)12-8-14(21)18-13-6-5-10(20(23)24)7-11(12)13/h5-8H,3-4,9,17H2,1-2H3,(H,18,21)(H,19,22). The van der Waals surface area contributed by atoms with E-state index in [-0.39, 0.29) is 17.8 Å². The monoisotopic (exact) mass is 332 g/mol. The zero-order valence-corrected chi connectivity index (χ0v) is 13.6. The molecular weight excluding hydrogens is 312 g/mol. The van der Waals surface area contributed by atoms with E-state index in [9.17, 15) is 19.7 Å². The van der Waals surface area contributed by atoms with Crippen molar-refractivity contribution >= 4 is 22.5 Å². The summed E-state index contributed by atoms with van der Waals surface area (Å²) in [4.78, 5) is 37.5. The molecule has 8 heteroatoms. The number of amides is 1. The predicted molar refractivity (Wildman–Crippen MR) is 91.1 cm³/mol. The van der Waals surface area contributed by atoms with Crippen LogP contribution in [0.25, 0.3) is 10.9 Å². The number of fused-ring (bicyclic) bond motifs is 1. The Morgan fingerprint density at radius 1 is 1.33 bits per heavy atom. The summed E-state index contributed by atoms with van der Waals surface area (Å²) in [6.07, 6.45) is 1.26. The van der Waals surface area contributed by atoms with Crippen LogP contribution in [0.1, 0.15) is 37.0 Å². The highest BCUT2D eigenvalue weighted by Gasteiger charge is 2.28. The van der Waals surface area contributed by atoms with Gasteiger partial charge in [-0.2, -0.15) is 0 Å². The van der Waals surface area contributed by atoms with Gasteiger partial charge in [0.15, 0.2) is 0 Å². The molecule has 0 spiro atoms. The Bertz CT molecular complexity index is 831. The van der Waals surface area contributed by atoms with E-state index >= 15 is 0 Å². The van der Waals surface area contributed by atoms with Gasteiger partial charge in [-0.05, 0) is 18.9 Å². The molecule has 8 nitrogen and oxygen atoms in total. The zero-order valence-electron chi connectivity index (χ0n) is 13.6. The van der Waals surface area contributed by atoms with Crippen LogP contribution in [0.3, 0.4) is 0 Å². The molecule has 2 rings (SSSR count). The number of nitro groups is 1. The SMILES string of the molecule is CCC(CC)(CN)NC(=O)c1cc(=O)[nH]c2ccc([N+](=O)[O-])cc12. The number of H-pyrrole nitrogens is 1. The van der Waals surface area contributed by atoms with Crippen LogP contribution in [-0.2, 0) is 0 Å². The second-order valence-electron chi connectivity index (χ2n) is 5.68. The van der Waals surface area contributed by atoms with Crippen LogP contribution in [-0.4, -0.2) is 27.9 Å². The molecule has 128 valence electrons. The highest BCUT2D eigenvalue weighted by atomic mass is 16.6. The number of nitrogens with two attached hydrogens (primary N) is 1. The highest BCUT2D eigenvalue weighted by Crippen LogP contribution is 2.23. The molecule has 2 aromatic rings. The molecule has 1 heterocycles. The fraction of sp³-hybridized carbons (Fsp3) is 0.375. The Kier molecular flexibility index (Phi) is 4.99. The predicted octanol–water partition coefficient (Wildman–Crippen LogP) is 1.68. The first-order valence-electron chi connectivity index (χ1n) is 7.70. The number of non-ortho nitro benzene ring substituents is 1. The van der Waals surface area contributed by atoms with Gasteiger partial charge in [0.2, 0.25) is 5.56 Å². The van der Waals surface area contributed by atoms with Gasteiger partial charge in [-0.15, -0.1) is 0 Å². The maximum atomic E-state index is 12.7. The maximum Gasteiger partial charge on any atom is 0.270 e. The third-order valence-electron chi connectivity index (χ3n) is 4.41. The van der Waals surface area contributed by atoms with Crippen molar-refractivity contribution in [2.75, 3.05) is 6.54 Å². The zero-order chi connectivity index (χ0) is 17.9. The molecule has 1 aromatic heterocycles. The van der Waals surface area contributed by atoms with Crippen molar-refractivity contribution in [3.63, 3.8) is 0 Å². The largest absolute Gasteiger partial charge is 0.345 e. The topological polar surface area (TPSA) is 131 Å². The van der Waals surface area contributed by atoms with Gasteiger partial charge in [0, 0.05) is 35.6 Å². The van der Waals surface area contributed by atoms with Gasteiger partial charge < -0.3 is 16.0 Å². The molecule has 1 aromatic carbocycles. The number of rotatable bonds is 6. The number of hydrogen-bond donors (Lipinski definition) is 3. The van der Waals surface area contributed by atoms with Crippen molar-refractivity contribution < 1.29 is 9.72 Å². The second kappa shape index (κ2) is 6.79. The Morgan fingerprint density at radius 2 is 2.00 bits per heavy atom. The number of carbonyl (C=O) groups excluding carboxylic acids is 1. The van der Waals surface area contributed by atoms with E-state index in [1.807, 2.05) is 13.8 Å². The quantitative estimate of drug-likeness (QED) is 0.547. The van der Waals surface area contributed by atoms with Gasteiger partial charge in [-0.3, -0.25) is 19.7 Å². The fourth-order valence-corrected chi connectivity index (χ4v) is 2.62. The van der Waals surface area contributed by atoms with Crippen LogP contribution in [0.2, 0.25) is 0 Å². The minimum absolute atomic E-state index is 0.0946. The first-order chi connectivity index (χ1) is 11.4. The summed E-state index contributed by atoms with van der Waals surface area (Å²) in [5.41, 5.74) is 5.07. The molecule has 0 saturated heterocycles. The number of nitrogens with zero attached hydrogens (tertiary/aromatic N) is 1. The summed E-state index contributed by atoms with van der Waals surface area (Å²) in [5, 5.41) is 14.2. The minimum atomic E-state index is -0.577. The third-order valence-corrected chi connectivity index (χ3v) is 4.41. The Morgan fingerprint density at radius 3 is 2.54 bits per heavy atom. The number of aromatic amines is 1. The Balaban J connectivity index is 2.57. The molecular formula is C16H20N4O4. The highest BCUT2D eigenvalue weighted by molar-refractivity contribution is 6.06. The van der Waals surface area contributed by atoms with Crippen LogP contribution in [0, 0.1) is 10.1 Å². The van der Waals surface area contributed by atoms with E-state index in [0.717, 1.165) is 6.07 Å². The van der Waals surface area contributed by atoms with Crippen LogP contribution >= 0.6 is 0 Å². The number of aromatic nitrogens is 1. The molecule has 0 aliphatic carbocycles. The van der Waals surface area contributed by atoms with Gasteiger partial charge in [0.25, 0.3) is 11.6 Å². The second-order valence-corrected chi connectivity index (χ2v) is 5.68. The van der Waals surface area contributed by atoms with Crippen LogP contribution in [0.15, 0.2) is 29.1 Å². The molecule has 0 aliphatic rings. The summed E-state index contributed by atoms with van der Waals surface area (Å²) < 4.78 is 0. The van der Waals surface area contributed by atoms with Crippen LogP contribution < -0.4 is 16.6 Å². The molecule has 0 bridgehead atoms. The minimum Gasteiger partial charge on any atom is -0.345 e. The molecule has 0 fully saturated rings. The lowest BCUT2D eigenvalue weighted by Gasteiger charge is -2.31. The van der Waals surface area contributed by atoms with Crippen LogP contribution in [0.5, 0.6) is 0 Å². The van der Waals surface area contributed by atoms with Gasteiger partial charge in [0.1, 0.15) is 0 Å². The first kappa shape index (κ1) is 17.6. The lowest BCUT2D eigenvalue weighted by Crippen LogP contribution is -2.53. The number of nitrogens with one attached hydrogen (secondary N) is 2. The smallest absolute Gasteiger partial charge is 0.270 e. The normalized spacial score (nSPS) is 11.5. The van der Waals surface area contributed by atoms with Crippen molar-refractivity contribution in [3.8, 4) is 0 Å². The number of benzene rings is 1. The van der Waals surface area contributed by atoms with Crippen molar-refractivity contribution in [1.82, 2.24) is 10.3 Å². The molecule has 1 amide bonds. The van der Waals surface area contributed by atoms with Gasteiger partial charge in [-0.25, -0.2) is 0 Å². The maximum absolute atomic E-state index is 12.7. The third kappa shape index (κ3) is 3.28. The van der Waals surface area contributed by atoms with E-state index < -0.39 is 21.9 Å². The van der Waals surface area contributed by atoms with E-state index in [0.29, 0.717) is 23.7 Å². The van der Waals surface area contributed by atoms with Gasteiger partial charge >= 0.3 is 0 Å². The summed E-state index contributed by atoms with van der Waals surface area (Å²) >= 11 is 0. The average Bonchev–Trinajstić information content (AvgIpc) is 2.58. The van der Waals surface area contributed by atoms with Crippen molar-refractivity contribution in [2.45, 2.75) is 32.2 Å². The van der Waals surface area contributed by atoms with Crippen molar-refractivity contribution in [2.24, 2.45) is 5.73 Å². The van der Waals surface area contributed by atoms with Gasteiger partial charge in [0.05, 0.1) is 16.0 Å².